The summed E-state index contributed by atoms with van der Waals surface area (Å²) in [5.74, 6) is 0.717. The molecule has 0 unspecified atom stereocenters. The molecular formula is C16H21BrN4OS. The van der Waals surface area contributed by atoms with E-state index in [0.29, 0.717) is 17.4 Å². The second-order valence-electron chi connectivity index (χ2n) is 6.03. The number of nitrogens with zero attached hydrogens (tertiary/aromatic N) is 4. The van der Waals surface area contributed by atoms with E-state index in [1.165, 1.54) is 18.4 Å². The fourth-order valence-corrected chi connectivity index (χ4v) is 3.27. The van der Waals surface area contributed by atoms with E-state index < -0.39 is 0 Å². The highest BCUT2D eigenvalue weighted by Crippen LogP contribution is 2.14. The van der Waals surface area contributed by atoms with E-state index >= 15 is 0 Å². The Bertz CT molecular complexity index is 691. The van der Waals surface area contributed by atoms with Crippen LogP contribution in [0, 0.1) is 4.84 Å². The van der Waals surface area contributed by atoms with Gasteiger partial charge in [-0.15, -0.1) is 5.10 Å². The summed E-state index contributed by atoms with van der Waals surface area (Å²) in [6.45, 7) is 4.46. The highest BCUT2D eigenvalue weighted by Gasteiger charge is 2.16. The molecule has 0 bridgehead atoms. The number of hydrogen-bond acceptors (Lipinski definition) is 5. The van der Waals surface area contributed by atoms with E-state index in [0.717, 1.165) is 30.7 Å². The van der Waals surface area contributed by atoms with Crippen molar-refractivity contribution < 1.29 is 4.42 Å². The Morgan fingerprint density at radius 3 is 2.65 bits per heavy atom. The number of benzene rings is 1. The van der Waals surface area contributed by atoms with Crippen molar-refractivity contribution in [2.45, 2.75) is 32.6 Å². The molecule has 7 heteroatoms. The lowest BCUT2D eigenvalue weighted by Gasteiger charge is -2.16. The van der Waals surface area contributed by atoms with Crippen molar-refractivity contribution in [1.29, 1.82) is 0 Å². The smallest absolute Gasteiger partial charge is 0.288 e. The predicted molar refractivity (Wildman–Crippen MR) is 95.4 cm³/mol. The third kappa shape index (κ3) is 4.73. The van der Waals surface area contributed by atoms with Crippen LogP contribution in [0.15, 0.2) is 33.2 Å². The fraction of sp³-hybridized carbons (Fsp3) is 0.500. The van der Waals surface area contributed by atoms with E-state index in [1.807, 2.05) is 0 Å². The summed E-state index contributed by atoms with van der Waals surface area (Å²) >= 11 is 8.75. The van der Waals surface area contributed by atoms with Crippen LogP contribution in [-0.4, -0.2) is 39.7 Å². The lowest BCUT2D eigenvalue weighted by Crippen LogP contribution is -2.23. The van der Waals surface area contributed by atoms with Crippen LogP contribution in [0.4, 0.5) is 0 Å². The van der Waals surface area contributed by atoms with Gasteiger partial charge in [0.25, 0.3) is 4.84 Å². The molecule has 0 radical (unpaired) electrons. The molecule has 1 fully saturated rings. The maximum atomic E-state index is 5.64. The summed E-state index contributed by atoms with van der Waals surface area (Å²) in [7, 11) is 2.05. The second kappa shape index (κ2) is 7.70. The molecule has 1 aromatic heterocycles. The fourth-order valence-electron chi connectivity index (χ4n) is 2.81. The number of aromatic nitrogens is 2. The molecule has 1 aliphatic heterocycles. The predicted octanol–water partition coefficient (Wildman–Crippen LogP) is 3.65. The number of hydrogen-bond donors (Lipinski definition) is 0. The lowest BCUT2D eigenvalue weighted by atomic mass is 10.2. The maximum Gasteiger partial charge on any atom is 0.288 e. The van der Waals surface area contributed by atoms with Gasteiger partial charge in [0.1, 0.15) is 0 Å². The first-order chi connectivity index (χ1) is 11.1. The van der Waals surface area contributed by atoms with Crippen LogP contribution in [0.3, 0.4) is 0 Å². The highest BCUT2D eigenvalue weighted by atomic mass is 79.9. The zero-order valence-corrected chi connectivity index (χ0v) is 15.6. The molecule has 1 saturated heterocycles. The molecular weight excluding hydrogens is 376 g/mol. The SMILES string of the molecule is CN(Cc1ccc(Br)cc1)Cn1nc(CN2CCCC2)oc1=S. The quantitative estimate of drug-likeness (QED) is 0.696. The molecule has 0 N–H and O–H groups in total. The van der Waals surface area contributed by atoms with Crippen molar-refractivity contribution in [2.75, 3.05) is 20.1 Å². The molecule has 124 valence electrons. The van der Waals surface area contributed by atoms with Crippen LogP contribution in [0.25, 0.3) is 0 Å². The van der Waals surface area contributed by atoms with Crippen molar-refractivity contribution in [3.63, 3.8) is 0 Å². The summed E-state index contributed by atoms with van der Waals surface area (Å²) in [4.78, 5) is 4.97. The van der Waals surface area contributed by atoms with Gasteiger partial charge in [-0.3, -0.25) is 9.80 Å². The Balaban J connectivity index is 1.59. The number of halogens is 1. The van der Waals surface area contributed by atoms with Crippen molar-refractivity contribution in [1.82, 2.24) is 19.6 Å². The molecule has 2 heterocycles. The van der Waals surface area contributed by atoms with Gasteiger partial charge in [-0.2, -0.15) is 0 Å². The van der Waals surface area contributed by atoms with Gasteiger partial charge in [0, 0.05) is 11.0 Å². The van der Waals surface area contributed by atoms with Crippen LogP contribution in [0.2, 0.25) is 0 Å². The highest BCUT2D eigenvalue weighted by molar-refractivity contribution is 9.10. The third-order valence-electron chi connectivity index (χ3n) is 3.95. The maximum absolute atomic E-state index is 5.64. The first-order valence-corrected chi connectivity index (χ1v) is 9.02. The van der Waals surface area contributed by atoms with Gasteiger partial charge in [0.2, 0.25) is 5.89 Å². The molecule has 0 amide bonds. The van der Waals surface area contributed by atoms with Crippen LogP contribution < -0.4 is 0 Å². The van der Waals surface area contributed by atoms with E-state index in [1.54, 1.807) is 4.68 Å². The minimum atomic E-state index is 0.446. The van der Waals surface area contributed by atoms with E-state index in [4.69, 9.17) is 16.6 Å². The van der Waals surface area contributed by atoms with Crippen LogP contribution >= 0.6 is 28.1 Å². The molecule has 2 aromatic rings. The Labute approximate surface area is 150 Å². The van der Waals surface area contributed by atoms with Crippen molar-refractivity contribution in [3.8, 4) is 0 Å². The standard InChI is InChI=1S/C16H21BrN4OS/c1-19(10-13-4-6-14(17)7-5-13)12-21-16(23)22-15(18-21)11-20-8-2-3-9-20/h4-7H,2-3,8-12H2,1H3. The average molecular weight is 397 g/mol. The summed E-state index contributed by atoms with van der Waals surface area (Å²) in [6, 6.07) is 8.33. The van der Waals surface area contributed by atoms with Crippen LogP contribution in [-0.2, 0) is 19.8 Å². The summed E-state index contributed by atoms with van der Waals surface area (Å²) < 4.78 is 8.49. The summed E-state index contributed by atoms with van der Waals surface area (Å²) in [5, 5.41) is 4.52. The average Bonchev–Trinajstić information content (AvgIpc) is 3.12. The van der Waals surface area contributed by atoms with Gasteiger partial charge in [0.15, 0.2) is 0 Å². The third-order valence-corrected chi connectivity index (χ3v) is 4.77. The molecule has 1 aromatic carbocycles. The molecule has 23 heavy (non-hydrogen) atoms. The minimum Gasteiger partial charge on any atom is -0.412 e. The molecule has 0 saturated carbocycles. The monoisotopic (exact) mass is 396 g/mol. The van der Waals surface area contributed by atoms with Crippen molar-refractivity contribution in [2.24, 2.45) is 0 Å². The van der Waals surface area contributed by atoms with Gasteiger partial charge in [-0.1, -0.05) is 28.1 Å². The molecule has 1 aliphatic rings. The summed E-state index contributed by atoms with van der Waals surface area (Å²) in [5.41, 5.74) is 1.25. The molecule has 5 nitrogen and oxygen atoms in total. The van der Waals surface area contributed by atoms with Gasteiger partial charge in [-0.25, -0.2) is 4.68 Å². The molecule has 3 rings (SSSR count). The van der Waals surface area contributed by atoms with E-state index in [2.05, 4.69) is 62.1 Å². The number of likely N-dealkylation sites (tertiary alicyclic amines) is 1. The van der Waals surface area contributed by atoms with Gasteiger partial charge in [-0.05, 0) is 62.9 Å². The topological polar surface area (TPSA) is 37.4 Å². The summed E-state index contributed by atoms with van der Waals surface area (Å²) in [6.07, 6.45) is 2.52. The van der Waals surface area contributed by atoms with E-state index in [-0.39, 0.29) is 0 Å². The Kier molecular flexibility index (Phi) is 5.63. The van der Waals surface area contributed by atoms with Gasteiger partial charge < -0.3 is 4.42 Å². The van der Waals surface area contributed by atoms with E-state index in [9.17, 15) is 0 Å². The second-order valence-corrected chi connectivity index (χ2v) is 7.29. The molecule has 0 aliphatic carbocycles. The Morgan fingerprint density at radius 2 is 1.96 bits per heavy atom. The largest absolute Gasteiger partial charge is 0.412 e. The lowest BCUT2D eigenvalue weighted by molar-refractivity contribution is 0.240. The number of rotatable bonds is 6. The van der Waals surface area contributed by atoms with Crippen LogP contribution in [0.5, 0.6) is 0 Å². The minimum absolute atomic E-state index is 0.446. The van der Waals surface area contributed by atoms with Crippen molar-refractivity contribution in [3.05, 3.63) is 45.0 Å². The first-order valence-electron chi connectivity index (χ1n) is 7.82. The van der Waals surface area contributed by atoms with Gasteiger partial charge >= 0.3 is 0 Å². The zero-order valence-electron chi connectivity index (χ0n) is 13.2. The van der Waals surface area contributed by atoms with Crippen LogP contribution in [0.1, 0.15) is 24.3 Å². The molecule has 0 spiro atoms. The van der Waals surface area contributed by atoms with Gasteiger partial charge in [0.05, 0.1) is 13.2 Å². The molecule has 0 atom stereocenters. The Morgan fingerprint density at radius 1 is 1.26 bits per heavy atom. The first kappa shape index (κ1) is 16.8. The normalized spacial score (nSPS) is 15.6. The Hall–Kier alpha value is -1.02. The van der Waals surface area contributed by atoms with Crippen molar-refractivity contribution >= 4 is 28.1 Å². The zero-order chi connectivity index (χ0) is 16.2.